The van der Waals surface area contributed by atoms with Crippen LogP contribution in [0.5, 0.6) is 0 Å². The first-order chi connectivity index (χ1) is 13.3. The minimum atomic E-state index is -0.242. The molecule has 1 fully saturated rings. The van der Waals surface area contributed by atoms with Crippen molar-refractivity contribution in [1.82, 2.24) is 20.3 Å². The molecule has 3 N–H and O–H groups in total. The fourth-order valence-corrected chi connectivity index (χ4v) is 3.29. The number of amides is 2. The fraction of sp³-hybridized carbons (Fsp3) is 0.300. The molecule has 0 aliphatic heterocycles. The van der Waals surface area contributed by atoms with Crippen LogP contribution in [0, 0.1) is 0 Å². The van der Waals surface area contributed by atoms with Crippen molar-refractivity contribution in [3.05, 3.63) is 54.5 Å². The summed E-state index contributed by atoms with van der Waals surface area (Å²) in [6.07, 6.45) is 9.70. The zero-order valence-electron chi connectivity index (χ0n) is 15.0. The molecule has 138 valence electrons. The largest absolute Gasteiger partial charge is 0.381 e. The monoisotopic (exact) mass is 362 g/mol. The fourth-order valence-electron chi connectivity index (χ4n) is 3.29. The lowest BCUT2D eigenvalue weighted by atomic mass is 10.2. The van der Waals surface area contributed by atoms with Gasteiger partial charge in [0.25, 0.3) is 0 Å². The Morgan fingerprint density at radius 3 is 2.74 bits per heavy atom. The van der Waals surface area contributed by atoms with Gasteiger partial charge in [-0.05, 0) is 48.7 Å². The highest BCUT2D eigenvalue weighted by Gasteiger charge is 2.17. The molecule has 7 nitrogen and oxygen atoms in total. The summed E-state index contributed by atoms with van der Waals surface area (Å²) in [6.45, 7) is 0.702. The molecule has 0 atom stereocenters. The second kappa shape index (κ2) is 7.99. The Morgan fingerprint density at radius 1 is 1.11 bits per heavy atom. The van der Waals surface area contributed by atoms with E-state index in [1.807, 2.05) is 30.3 Å². The second-order valence-corrected chi connectivity index (χ2v) is 6.76. The van der Waals surface area contributed by atoms with Crippen LogP contribution in [0.3, 0.4) is 0 Å². The molecule has 2 amide bonds. The van der Waals surface area contributed by atoms with Crippen LogP contribution in [0.15, 0.2) is 48.9 Å². The number of benzene rings is 1. The van der Waals surface area contributed by atoms with Crippen molar-refractivity contribution in [2.24, 2.45) is 0 Å². The summed E-state index contributed by atoms with van der Waals surface area (Å²) in [7, 11) is 0. The molecule has 1 aromatic carbocycles. The number of hydrogen-bond donors (Lipinski definition) is 3. The quantitative estimate of drug-likeness (QED) is 0.644. The third kappa shape index (κ3) is 4.49. The summed E-state index contributed by atoms with van der Waals surface area (Å²) >= 11 is 0. The first-order valence-corrected chi connectivity index (χ1v) is 9.23. The SMILES string of the molecule is O=C(Nc1ncc2ccc(NCc3ccncc3)cc2n1)NC1CCCC1. The lowest BCUT2D eigenvalue weighted by molar-refractivity contribution is 0.248. The average molecular weight is 362 g/mol. The lowest BCUT2D eigenvalue weighted by Gasteiger charge is -2.12. The van der Waals surface area contributed by atoms with Crippen molar-refractivity contribution in [2.75, 3.05) is 10.6 Å². The summed E-state index contributed by atoms with van der Waals surface area (Å²) in [6, 6.07) is 9.88. The number of carbonyl (C=O) groups is 1. The molecule has 4 rings (SSSR count). The van der Waals surface area contributed by atoms with Crippen LogP contribution in [-0.2, 0) is 6.54 Å². The topological polar surface area (TPSA) is 91.8 Å². The van der Waals surface area contributed by atoms with Crippen molar-refractivity contribution < 1.29 is 4.79 Å². The van der Waals surface area contributed by atoms with Gasteiger partial charge in [0.05, 0.1) is 5.52 Å². The van der Waals surface area contributed by atoms with Crippen molar-refractivity contribution >= 4 is 28.6 Å². The normalized spacial score (nSPS) is 14.2. The van der Waals surface area contributed by atoms with Gasteiger partial charge in [0.1, 0.15) is 0 Å². The number of anilines is 2. The number of rotatable bonds is 5. The number of carbonyl (C=O) groups excluding carboxylic acids is 1. The van der Waals surface area contributed by atoms with Crippen LogP contribution in [-0.4, -0.2) is 27.0 Å². The van der Waals surface area contributed by atoms with E-state index in [1.165, 1.54) is 12.8 Å². The average Bonchev–Trinajstić information content (AvgIpc) is 3.19. The van der Waals surface area contributed by atoms with Gasteiger partial charge in [-0.1, -0.05) is 12.8 Å². The molecular weight excluding hydrogens is 340 g/mol. The minimum Gasteiger partial charge on any atom is -0.381 e. The van der Waals surface area contributed by atoms with Crippen LogP contribution in [0.1, 0.15) is 31.2 Å². The molecule has 0 saturated heterocycles. The molecule has 1 aliphatic carbocycles. The van der Waals surface area contributed by atoms with Crippen molar-refractivity contribution in [3.63, 3.8) is 0 Å². The van der Waals surface area contributed by atoms with Gasteiger partial charge in [-0.25, -0.2) is 14.8 Å². The van der Waals surface area contributed by atoms with E-state index in [0.717, 1.165) is 35.0 Å². The summed E-state index contributed by atoms with van der Waals surface area (Å²) in [5.41, 5.74) is 2.89. The number of fused-ring (bicyclic) bond motifs is 1. The van der Waals surface area contributed by atoms with E-state index < -0.39 is 0 Å². The number of nitrogens with one attached hydrogen (secondary N) is 3. The first kappa shape index (κ1) is 17.2. The smallest absolute Gasteiger partial charge is 0.321 e. The van der Waals surface area contributed by atoms with Crippen LogP contribution in [0.2, 0.25) is 0 Å². The van der Waals surface area contributed by atoms with E-state index in [9.17, 15) is 4.79 Å². The van der Waals surface area contributed by atoms with Crippen LogP contribution in [0.4, 0.5) is 16.4 Å². The maximum Gasteiger partial charge on any atom is 0.321 e. The molecule has 0 unspecified atom stereocenters. The molecule has 0 radical (unpaired) electrons. The van der Waals surface area contributed by atoms with Gasteiger partial charge < -0.3 is 10.6 Å². The summed E-state index contributed by atoms with van der Waals surface area (Å²) in [5, 5.41) is 10.0. The molecule has 27 heavy (non-hydrogen) atoms. The standard InChI is InChI=1S/C20H22N6O/c27-20(24-16-3-1-2-4-16)26-19-23-13-15-5-6-17(11-18(15)25-19)22-12-14-7-9-21-10-8-14/h5-11,13,16,22H,1-4,12H2,(H2,23,24,25,26,27). The number of nitrogens with zero attached hydrogens (tertiary/aromatic N) is 3. The summed E-state index contributed by atoms with van der Waals surface area (Å²) in [4.78, 5) is 24.8. The lowest BCUT2D eigenvalue weighted by Crippen LogP contribution is -2.36. The molecule has 1 saturated carbocycles. The van der Waals surface area contributed by atoms with Gasteiger partial charge in [0.15, 0.2) is 0 Å². The molecule has 0 bridgehead atoms. The van der Waals surface area contributed by atoms with Gasteiger partial charge in [0, 0.05) is 42.3 Å². The zero-order chi connectivity index (χ0) is 18.5. The van der Waals surface area contributed by atoms with Gasteiger partial charge >= 0.3 is 6.03 Å². The number of hydrogen-bond acceptors (Lipinski definition) is 5. The van der Waals surface area contributed by atoms with Crippen LogP contribution < -0.4 is 16.0 Å². The van der Waals surface area contributed by atoms with Gasteiger partial charge in [-0.3, -0.25) is 10.3 Å². The summed E-state index contributed by atoms with van der Waals surface area (Å²) in [5.74, 6) is 0.310. The van der Waals surface area contributed by atoms with E-state index in [-0.39, 0.29) is 12.1 Å². The first-order valence-electron chi connectivity index (χ1n) is 9.23. The predicted molar refractivity (Wildman–Crippen MR) is 106 cm³/mol. The maximum atomic E-state index is 12.1. The maximum absolute atomic E-state index is 12.1. The van der Waals surface area contributed by atoms with Gasteiger partial charge in [-0.15, -0.1) is 0 Å². The molecule has 1 aliphatic rings. The molecule has 0 spiro atoms. The number of pyridine rings is 1. The number of aromatic nitrogens is 3. The third-order valence-electron chi connectivity index (χ3n) is 4.74. The Balaban J connectivity index is 1.43. The van der Waals surface area contributed by atoms with Gasteiger partial charge in [0.2, 0.25) is 5.95 Å². The van der Waals surface area contributed by atoms with Crippen molar-refractivity contribution in [2.45, 2.75) is 38.3 Å². The highest BCUT2D eigenvalue weighted by molar-refractivity contribution is 5.89. The Bertz CT molecular complexity index is 924. The molecule has 2 aromatic heterocycles. The van der Waals surface area contributed by atoms with Crippen molar-refractivity contribution in [1.29, 1.82) is 0 Å². The predicted octanol–water partition coefficient (Wildman–Crippen LogP) is 3.70. The van der Waals surface area contributed by atoms with E-state index in [1.54, 1.807) is 18.6 Å². The van der Waals surface area contributed by atoms with E-state index in [0.29, 0.717) is 12.5 Å². The molecule has 2 heterocycles. The second-order valence-electron chi connectivity index (χ2n) is 6.76. The zero-order valence-corrected chi connectivity index (χ0v) is 15.0. The van der Waals surface area contributed by atoms with Crippen molar-refractivity contribution in [3.8, 4) is 0 Å². The minimum absolute atomic E-state index is 0.242. The Kier molecular flexibility index (Phi) is 5.09. The Labute approximate surface area is 157 Å². The number of urea groups is 1. The highest BCUT2D eigenvalue weighted by atomic mass is 16.2. The van der Waals surface area contributed by atoms with Crippen LogP contribution in [0.25, 0.3) is 10.9 Å². The molecular formula is C20H22N6O. The van der Waals surface area contributed by atoms with E-state index in [4.69, 9.17) is 0 Å². The summed E-state index contributed by atoms with van der Waals surface area (Å²) < 4.78 is 0. The molecule has 7 heteroatoms. The molecule has 3 aromatic rings. The van der Waals surface area contributed by atoms with E-state index >= 15 is 0 Å². The Morgan fingerprint density at radius 2 is 1.93 bits per heavy atom. The Hall–Kier alpha value is -3.22. The van der Waals surface area contributed by atoms with Crippen LogP contribution >= 0.6 is 0 Å². The third-order valence-corrected chi connectivity index (χ3v) is 4.74. The van der Waals surface area contributed by atoms with E-state index in [2.05, 4.69) is 30.9 Å². The highest BCUT2D eigenvalue weighted by Crippen LogP contribution is 2.20. The van der Waals surface area contributed by atoms with Gasteiger partial charge in [-0.2, -0.15) is 0 Å².